The van der Waals surface area contributed by atoms with Crippen molar-refractivity contribution < 1.29 is 38.9 Å². The van der Waals surface area contributed by atoms with Gasteiger partial charge in [0.25, 0.3) is 0 Å². The summed E-state index contributed by atoms with van der Waals surface area (Å²) in [5, 5.41) is 0. The summed E-state index contributed by atoms with van der Waals surface area (Å²) in [7, 11) is 0. The fourth-order valence-electron chi connectivity index (χ4n) is 6.30. The molecule has 0 heterocycles. The van der Waals surface area contributed by atoms with E-state index in [1.807, 2.05) is 41.5 Å². The summed E-state index contributed by atoms with van der Waals surface area (Å²) >= 11 is 0. The number of carbonyl (C=O) groups excluding carboxylic acids is 2. The second kappa shape index (κ2) is 26.5. The summed E-state index contributed by atoms with van der Waals surface area (Å²) in [6.45, 7) is 22.9. The first kappa shape index (κ1) is 47.8. The van der Waals surface area contributed by atoms with Crippen LogP contribution in [-0.4, -0.2) is 28.9 Å². The minimum Gasteiger partial charge on any atom is -0.247 e. The highest BCUT2D eigenvalue weighted by Crippen LogP contribution is 2.47. The number of unbranched alkanes of at least 4 members (excludes halogenated alkanes) is 16. The molecule has 0 radical (unpaired) electrons. The molecule has 0 aliphatic heterocycles. The molecule has 0 aromatic rings. The summed E-state index contributed by atoms with van der Waals surface area (Å²) in [5.74, 6) is -1.21. The number of hydrogen-bond donors (Lipinski definition) is 0. The molecule has 0 saturated heterocycles. The largest absolute Gasteiger partial charge is 0.355 e. The molecule has 1 fully saturated rings. The molecule has 0 bridgehead atoms. The summed E-state index contributed by atoms with van der Waals surface area (Å²) in [6, 6.07) is 0. The Labute approximate surface area is 302 Å². The minimum atomic E-state index is -0.846. The molecule has 8 heteroatoms. The first-order chi connectivity index (χ1) is 22.9. The number of hydrogen-bond acceptors (Lipinski definition) is 8. The summed E-state index contributed by atoms with van der Waals surface area (Å²) in [4.78, 5) is 55.1. The molecule has 1 atom stereocenters. The Morgan fingerprint density at radius 1 is 0.551 bits per heavy atom. The van der Waals surface area contributed by atoms with E-state index in [-0.39, 0.29) is 16.6 Å². The summed E-state index contributed by atoms with van der Waals surface area (Å²) < 4.78 is 0. The molecule has 0 spiro atoms. The molecule has 49 heavy (non-hydrogen) atoms. The molecule has 1 unspecified atom stereocenters. The van der Waals surface area contributed by atoms with Crippen LogP contribution in [0.15, 0.2) is 0 Å². The maximum Gasteiger partial charge on any atom is 0.355 e. The average Bonchev–Trinajstić information content (AvgIpc) is 2.99. The van der Waals surface area contributed by atoms with E-state index in [0.29, 0.717) is 18.8 Å². The lowest BCUT2D eigenvalue weighted by Gasteiger charge is -2.46. The molecule has 0 aromatic carbocycles. The maximum absolute atomic E-state index is 11.6. The Morgan fingerprint density at radius 3 is 1.18 bits per heavy atom. The third kappa shape index (κ3) is 30.1. The smallest absolute Gasteiger partial charge is 0.247 e. The van der Waals surface area contributed by atoms with E-state index in [4.69, 9.17) is 19.6 Å². The van der Waals surface area contributed by atoms with Crippen molar-refractivity contribution in [3.63, 3.8) is 0 Å². The number of rotatable bonds is 24. The monoisotopic (exact) mass is 701 g/mol. The van der Waals surface area contributed by atoms with Crippen LogP contribution < -0.4 is 0 Å². The Hall–Kier alpha value is -1.22. The average molecular weight is 701 g/mol. The molecule has 292 valence electrons. The third-order valence-corrected chi connectivity index (χ3v) is 8.39. The maximum atomic E-state index is 11.6. The van der Waals surface area contributed by atoms with Gasteiger partial charge in [-0.15, -0.1) is 0 Å². The zero-order valence-electron chi connectivity index (χ0n) is 34.1. The first-order valence-corrected chi connectivity index (χ1v) is 20.1. The highest BCUT2D eigenvalue weighted by Gasteiger charge is 2.48. The molecule has 0 aromatic heterocycles. The second-order valence-corrected chi connectivity index (χ2v) is 17.4. The van der Waals surface area contributed by atoms with Crippen LogP contribution in [0.1, 0.15) is 224 Å². The molecule has 1 aliphatic carbocycles. The Kier molecular flexibility index (Phi) is 25.9. The Morgan fingerprint density at radius 2 is 0.878 bits per heavy atom. The van der Waals surface area contributed by atoms with Crippen molar-refractivity contribution in [2.45, 2.75) is 241 Å². The lowest BCUT2D eigenvalue weighted by molar-refractivity contribution is -0.551. The van der Waals surface area contributed by atoms with Crippen molar-refractivity contribution in [1.82, 2.24) is 0 Å². The van der Waals surface area contributed by atoms with Crippen LogP contribution in [0.4, 0.5) is 0 Å². The normalized spacial score (nSPS) is 17.2. The van der Waals surface area contributed by atoms with Gasteiger partial charge < -0.3 is 0 Å². The highest BCUT2D eigenvalue weighted by molar-refractivity contribution is 5.72. The Balaban J connectivity index is 0.000000977. The van der Waals surface area contributed by atoms with Crippen molar-refractivity contribution in [1.29, 1.82) is 0 Å². The lowest BCUT2D eigenvalue weighted by Crippen LogP contribution is -2.48. The predicted molar refractivity (Wildman–Crippen MR) is 199 cm³/mol. The third-order valence-electron chi connectivity index (χ3n) is 8.39. The van der Waals surface area contributed by atoms with E-state index in [0.717, 1.165) is 57.8 Å². The molecule has 1 saturated carbocycles. The molecule has 0 N–H and O–H groups in total. The topological polar surface area (TPSA) is 89.5 Å². The van der Waals surface area contributed by atoms with Gasteiger partial charge in [0, 0.05) is 12.8 Å². The molecule has 1 aliphatic rings. The van der Waals surface area contributed by atoms with E-state index in [2.05, 4.69) is 44.4 Å². The van der Waals surface area contributed by atoms with E-state index in [1.165, 1.54) is 77.0 Å². The van der Waals surface area contributed by atoms with Crippen LogP contribution >= 0.6 is 0 Å². The molecule has 1 rings (SSSR count). The quantitative estimate of drug-likeness (QED) is 0.0425. The first-order valence-electron chi connectivity index (χ1n) is 20.1. The molecule has 0 amide bonds. The van der Waals surface area contributed by atoms with Crippen molar-refractivity contribution in [3.8, 4) is 0 Å². The van der Waals surface area contributed by atoms with Gasteiger partial charge in [0.05, 0.1) is 24.0 Å². The van der Waals surface area contributed by atoms with Crippen molar-refractivity contribution in [2.24, 2.45) is 11.3 Å². The summed E-state index contributed by atoms with van der Waals surface area (Å²) in [6.07, 6.45) is 25.0. The van der Waals surface area contributed by atoms with Crippen molar-refractivity contribution >= 4 is 11.9 Å². The van der Waals surface area contributed by atoms with Gasteiger partial charge in [0.1, 0.15) is 0 Å². The fraction of sp³-hybridized carbons (Fsp3) is 0.951. The molecular formula is C41H80O8. The predicted octanol–water partition coefficient (Wildman–Crippen LogP) is 12.9. The van der Waals surface area contributed by atoms with Crippen LogP contribution in [0.3, 0.4) is 0 Å². The van der Waals surface area contributed by atoms with E-state index >= 15 is 0 Å². The summed E-state index contributed by atoms with van der Waals surface area (Å²) in [5.41, 5.74) is -0.647. The van der Waals surface area contributed by atoms with Crippen molar-refractivity contribution in [2.75, 3.05) is 0 Å². The zero-order chi connectivity index (χ0) is 37.2. The van der Waals surface area contributed by atoms with Crippen molar-refractivity contribution in [3.05, 3.63) is 0 Å². The van der Waals surface area contributed by atoms with E-state index in [9.17, 15) is 9.59 Å². The van der Waals surface area contributed by atoms with E-state index in [1.54, 1.807) is 0 Å². The Bertz CT molecular complexity index is 774. The van der Waals surface area contributed by atoms with Crippen LogP contribution in [0, 0.1) is 11.3 Å². The highest BCUT2D eigenvalue weighted by atomic mass is 17.3. The number of carbonyl (C=O) groups is 2. The van der Waals surface area contributed by atoms with Gasteiger partial charge >= 0.3 is 11.9 Å². The zero-order valence-corrected chi connectivity index (χ0v) is 34.1. The van der Waals surface area contributed by atoms with Crippen LogP contribution in [-0.2, 0) is 38.9 Å². The van der Waals surface area contributed by atoms with Gasteiger partial charge in [0.2, 0.25) is 5.79 Å². The van der Waals surface area contributed by atoms with Crippen LogP contribution in [0.5, 0.6) is 0 Å². The van der Waals surface area contributed by atoms with Gasteiger partial charge in [0.15, 0.2) is 0 Å². The van der Waals surface area contributed by atoms with Gasteiger partial charge in [-0.05, 0) is 72.1 Å². The standard InChI is InChI=1S/C24H46O4.C17H34O4/c1-3-5-7-9-11-13-15-17-19-21-23(25)27-28-24(26)22-20-18-16-14-12-10-8-6-4-2;1-13-10-16(8,9)12-17(11-13,20-18-14(2,3)4)21-19-15(5,6)7/h3-22H2,1-2H3;13H,10-12H2,1-9H3. The van der Waals surface area contributed by atoms with Gasteiger partial charge in [-0.2, -0.15) is 9.78 Å². The van der Waals surface area contributed by atoms with Crippen LogP contribution in [0.2, 0.25) is 0 Å². The SMILES string of the molecule is CC1CC(C)(C)CC(OOC(C)(C)C)(OOC(C)(C)C)C1.CCCCCCCCCCCC(=O)OOC(=O)CCCCCCCCCCC. The second-order valence-electron chi connectivity index (χ2n) is 17.4. The molecular weight excluding hydrogens is 620 g/mol. The van der Waals surface area contributed by atoms with Gasteiger partial charge in [-0.1, -0.05) is 137 Å². The van der Waals surface area contributed by atoms with Gasteiger partial charge in [-0.25, -0.2) is 29.1 Å². The fourth-order valence-corrected chi connectivity index (χ4v) is 6.30. The van der Waals surface area contributed by atoms with Gasteiger partial charge in [-0.3, -0.25) is 0 Å². The molecule has 8 nitrogen and oxygen atoms in total. The minimum absolute atomic E-state index is 0.125. The van der Waals surface area contributed by atoms with E-state index < -0.39 is 17.7 Å². The van der Waals surface area contributed by atoms with Crippen LogP contribution in [0.25, 0.3) is 0 Å². The lowest BCUT2D eigenvalue weighted by atomic mass is 9.70.